The van der Waals surface area contributed by atoms with Crippen molar-refractivity contribution < 1.29 is 38.4 Å². The van der Waals surface area contributed by atoms with Gasteiger partial charge in [-0.05, 0) is 45.7 Å². The molecule has 1 aliphatic heterocycles. The molecule has 1 aliphatic rings. The second-order valence-corrected chi connectivity index (χ2v) is 16.4. The van der Waals surface area contributed by atoms with Gasteiger partial charge in [0.25, 0.3) is 0 Å². The highest BCUT2D eigenvalue weighted by molar-refractivity contribution is 5.76. The Bertz CT molecular complexity index is 914. The zero-order valence-corrected chi connectivity index (χ0v) is 36.6. The number of hydrogen-bond donors (Lipinski definition) is 0. The minimum Gasteiger partial charge on any atom is -0.464 e. The molecule has 1 saturated heterocycles. The summed E-state index contributed by atoms with van der Waals surface area (Å²) in [6, 6.07) is 0. The fourth-order valence-corrected chi connectivity index (χ4v) is 7.90. The summed E-state index contributed by atoms with van der Waals surface area (Å²) in [4.78, 5) is 51.3. The molecule has 0 spiro atoms. The number of carbonyl (C=O) groups is 3. The number of likely N-dealkylation sites (N-methyl/N-ethyl adjacent to an activating group) is 1. The van der Waals surface area contributed by atoms with Crippen molar-refractivity contribution in [3.63, 3.8) is 0 Å². The van der Waals surface area contributed by atoms with Crippen LogP contribution in [0.2, 0.25) is 0 Å². The Labute approximate surface area is 338 Å². The van der Waals surface area contributed by atoms with Gasteiger partial charge in [0.2, 0.25) is 0 Å². The van der Waals surface area contributed by atoms with Crippen molar-refractivity contribution >= 4 is 17.9 Å². The lowest BCUT2D eigenvalue weighted by Gasteiger charge is -2.38. The van der Waals surface area contributed by atoms with Crippen LogP contribution in [-0.4, -0.2) is 68.0 Å². The fraction of sp³-hybridized carbons (Fsp3) is 0.935. The van der Waals surface area contributed by atoms with E-state index in [9.17, 15) is 14.4 Å². The van der Waals surface area contributed by atoms with Crippen molar-refractivity contribution in [2.45, 2.75) is 239 Å². The van der Waals surface area contributed by atoms with Gasteiger partial charge in [0.05, 0.1) is 17.9 Å². The Kier molecular flexibility index (Phi) is 33.1. The summed E-state index contributed by atoms with van der Waals surface area (Å²) in [6.45, 7) is 10.7. The summed E-state index contributed by atoms with van der Waals surface area (Å²) in [5.74, 6) is -2.00. The van der Waals surface area contributed by atoms with E-state index in [1.165, 1.54) is 116 Å². The van der Waals surface area contributed by atoms with Gasteiger partial charge in [0, 0.05) is 26.1 Å². The summed E-state index contributed by atoms with van der Waals surface area (Å²) in [5.41, 5.74) is -0.691. The van der Waals surface area contributed by atoms with Crippen LogP contribution in [0.5, 0.6) is 0 Å². The third-order valence-corrected chi connectivity index (χ3v) is 11.5. The first-order chi connectivity index (χ1) is 26.8. The van der Waals surface area contributed by atoms with Crippen molar-refractivity contribution in [3.05, 3.63) is 0 Å². The minimum atomic E-state index is -0.691. The molecular formula is C46H87NO8. The normalized spacial score (nSPS) is 17.2. The third kappa shape index (κ3) is 25.3. The topological polar surface area (TPSA) is 101 Å². The average molecular weight is 782 g/mol. The van der Waals surface area contributed by atoms with Crippen LogP contribution in [0.1, 0.15) is 227 Å². The summed E-state index contributed by atoms with van der Waals surface area (Å²) in [6.07, 6.45) is 32.7. The zero-order chi connectivity index (χ0) is 40.2. The van der Waals surface area contributed by atoms with Gasteiger partial charge in [-0.2, -0.15) is 0 Å². The average Bonchev–Trinajstić information content (AvgIpc) is 3.50. The molecule has 0 amide bonds. The summed E-state index contributed by atoms with van der Waals surface area (Å²) >= 11 is 0. The predicted octanol–water partition coefficient (Wildman–Crippen LogP) is 12.4. The smallest absolute Gasteiger partial charge is 0.360 e. The molecule has 0 N–H and O–H groups in total. The quantitative estimate of drug-likeness (QED) is 0.0199. The summed E-state index contributed by atoms with van der Waals surface area (Å²) in [7, 11) is 1.96. The first-order valence-electron chi connectivity index (χ1n) is 23.4. The van der Waals surface area contributed by atoms with E-state index in [0.29, 0.717) is 45.4 Å². The van der Waals surface area contributed by atoms with Crippen molar-refractivity contribution in [2.24, 2.45) is 5.92 Å². The van der Waals surface area contributed by atoms with E-state index in [1.807, 2.05) is 7.05 Å². The van der Waals surface area contributed by atoms with Crippen molar-refractivity contribution in [2.75, 3.05) is 33.4 Å². The van der Waals surface area contributed by atoms with Crippen LogP contribution in [0, 0.1) is 5.92 Å². The van der Waals surface area contributed by atoms with Gasteiger partial charge >= 0.3 is 17.9 Å². The lowest BCUT2D eigenvalue weighted by molar-refractivity contribution is -0.265. The van der Waals surface area contributed by atoms with E-state index in [0.717, 1.165) is 51.4 Å². The second-order valence-electron chi connectivity index (χ2n) is 16.4. The Morgan fingerprint density at radius 1 is 0.564 bits per heavy atom. The minimum absolute atomic E-state index is 0.0203. The van der Waals surface area contributed by atoms with Crippen molar-refractivity contribution in [1.82, 2.24) is 4.90 Å². The molecule has 0 aliphatic carbocycles. The molecule has 0 aromatic rings. The zero-order valence-electron chi connectivity index (χ0n) is 36.6. The molecule has 0 radical (unpaired) electrons. The van der Waals surface area contributed by atoms with Crippen molar-refractivity contribution in [3.8, 4) is 0 Å². The Morgan fingerprint density at radius 2 is 1.02 bits per heavy atom. The number of unbranched alkanes of at least 4 members (excludes halogenated alkanes) is 22. The van der Waals surface area contributed by atoms with Gasteiger partial charge in [0.1, 0.15) is 6.61 Å². The van der Waals surface area contributed by atoms with E-state index in [2.05, 4.69) is 32.6 Å². The Balaban J connectivity index is 2.48. The molecule has 55 heavy (non-hydrogen) atoms. The SMILES string of the molecule is CCCCCCCCCCCCCCCC(=O)OCC1(CCC)C(C(=O)OOC(=O)CCC(OCCCCCCCC)OCCCCCCCC)CCN1C. The van der Waals surface area contributed by atoms with Gasteiger partial charge in [0.15, 0.2) is 6.29 Å². The van der Waals surface area contributed by atoms with Crippen LogP contribution in [0.15, 0.2) is 0 Å². The number of nitrogens with zero attached hydrogens (tertiary/aromatic N) is 1. The molecule has 9 heteroatoms. The highest BCUT2D eigenvalue weighted by Crippen LogP contribution is 2.39. The number of likely N-dealkylation sites (tertiary alicyclic amines) is 1. The summed E-state index contributed by atoms with van der Waals surface area (Å²) in [5, 5.41) is 0. The summed E-state index contributed by atoms with van der Waals surface area (Å²) < 4.78 is 17.9. The lowest BCUT2D eigenvalue weighted by Crippen LogP contribution is -2.52. The van der Waals surface area contributed by atoms with E-state index >= 15 is 0 Å². The van der Waals surface area contributed by atoms with Gasteiger partial charge < -0.3 is 14.2 Å². The molecular weight excluding hydrogens is 695 g/mol. The number of carbonyl (C=O) groups excluding carboxylic acids is 3. The van der Waals surface area contributed by atoms with Gasteiger partial charge in [-0.25, -0.2) is 19.4 Å². The number of rotatable bonds is 38. The molecule has 0 aromatic carbocycles. The maximum atomic E-state index is 13.4. The molecule has 9 nitrogen and oxygen atoms in total. The van der Waals surface area contributed by atoms with Crippen LogP contribution in [0.25, 0.3) is 0 Å². The fourth-order valence-electron chi connectivity index (χ4n) is 7.90. The number of esters is 1. The lowest BCUT2D eigenvalue weighted by atomic mass is 9.81. The molecule has 1 fully saturated rings. The number of hydrogen-bond acceptors (Lipinski definition) is 9. The van der Waals surface area contributed by atoms with E-state index in [-0.39, 0.29) is 19.0 Å². The van der Waals surface area contributed by atoms with Gasteiger partial charge in [-0.3, -0.25) is 9.69 Å². The molecule has 0 bridgehead atoms. The van der Waals surface area contributed by atoms with Gasteiger partial charge in [-0.1, -0.05) is 175 Å². The van der Waals surface area contributed by atoms with Gasteiger partial charge in [-0.15, -0.1) is 0 Å². The molecule has 1 rings (SSSR count). The van der Waals surface area contributed by atoms with E-state index in [1.54, 1.807) is 0 Å². The van der Waals surface area contributed by atoms with Crippen LogP contribution in [0.3, 0.4) is 0 Å². The largest absolute Gasteiger partial charge is 0.464 e. The predicted molar refractivity (Wildman–Crippen MR) is 224 cm³/mol. The number of ether oxygens (including phenoxy) is 3. The Morgan fingerprint density at radius 3 is 1.49 bits per heavy atom. The second kappa shape index (κ2) is 35.5. The van der Waals surface area contributed by atoms with Crippen LogP contribution >= 0.6 is 0 Å². The molecule has 0 aromatic heterocycles. The molecule has 2 atom stereocenters. The molecule has 2 unspecified atom stereocenters. The first-order valence-corrected chi connectivity index (χ1v) is 23.4. The van der Waals surface area contributed by atoms with Crippen LogP contribution in [0.4, 0.5) is 0 Å². The molecule has 1 heterocycles. The highest BCUT2D eigenvalue weighted by Gasteiger charge is 2.52. The van der Waals surface area contributed by atoms with E-state index in [4.69, 9.17) is 24.0 Å². The first kappa shape index (κ1) is 51.3. The van der Waals surface area contributed by atoms with Crippen LogP contribution < -0.4 is 0 Å². The van der Waals surface area contributed by atoms with Crippen molar-refractivity contribution in [1.29, 1.82) is 0 Å². The maximum absolute atomic E-state index is 13.4. The van der Waals surface area contributed by atoms with E-state index < -0.39 is 29.7 Å². The third-order valence-electron chi connectivity index (χ3n) is 11.5. The van der Waals surface area contributed by atoms with Crippen LogP contribution in [-0.2, 0) is 38.4 Å². The molecule has 324 valence electrons. The molecule has 0 saturated carbocycles. The standard InChI is InChI=1S/C46H87NO8/c1-6-10-13-16-19-20-21-22-23-24-25-26-29-32-42(48)53-40-46(36-9-4)41(35-37-47(46)5)45(50)55-54-43(49)33-34-44(51-38-30-27-17-14-11-7-2)52-39-31-28-18-15-12-8-3/h41,44H,6-40H2,1-5H3. The maximum Gasteiger partial charge on any atom is 0.360 e. The Hall–Kier alpha value is -1.71. The monoisotopic (exact) mass is 782 g/mol. The highest BCUT2D eigenvalue weighted by atomic mass is 17.2.